The fourth-order valence-corrected chi connectivity index (χ4v) is 3.39. The van der Waals surface area contributed by atoms with Gasteiger partial charge in [0, 0.05) is 9.86 Å². The molecule has 2 rings (SSSR count). The van der Waals surface area contributed by atoms with Crippen LogP contribution in [0.1, 0.15) is 26.5 Å². The first-order chi connectivity index (χ1) is 9.26. The maximum absolute atomic E-state index is 11.9. The molecular weight excluding hydrogens is 386 g/mol. The molecule has 0 saturated heterocycles. The molecule has 106 valence electrons. The van der Waals surface area contributed by atoms with Gasteiger partial charge in [0.1, 0.15) is 10.2 Å². The molecule has 0 N–H and O–H groups in total. The zero-order valence-electron chi connectivity index (χ0n) is 11.5. The molecule has 0 spiro atoms. The third-order valence-electron chi connectivity index (χ3n) is 2.56. The lowest BCUT2D eigenvalue weighted by molar-refractivity contribution is -0.153. The Morgan fingerprint density at radius 2 is 2.00 bits per heavy atom. The van der Waals surface area contributed by atoms with Crippen LogP contribution in [0.4, 0.5) is 0 Å². The second-order valence-corrected chi connectivity index (χ2v) is 7.11. The van der Waals surface area contributed by atoms with E-state index in [1.165, 1.54) is 0 Å². The first kappa shape index (κ1) is 15.4. The number of pyridine rings is 1. The fraction of sp³-hybridized carbons (Fsp3) is 0.333. The van der Waals surface area contributed by atoms with Crippen LogP contribution in [0, 0.1) is 0 Å². The van der Waals surface area contributed by atoms with Gasteiger partial charge in [0.2, 0.25) is 0 Å². The molecule has 1 aromatic carbocycles. The van der Waals surface area contributed by atoms with Crippen molar-refractivity contribution in [2.45, 2.75) is 32.8 Å². The van der Waals surface area contributed by atoms with Crippen LogP contribution in [0.2, 0.25) is 0 Å². The third kappa shape index (κ3) is 3.79. The molecule has 0 radical (unpaired) electrons. The quantitative estimate of drug-likeness (QED) is 0.544. The minimum atomic E-state index is -0.478. The van der Waals surface area contributed by atoms with Crippen LogP contribution >= 0.6 is 31.9 Å². The summed E-state index contributed by atoms with van der Waals surface area (Å²) in [4.78, 5) is 16.3. The molecule has 0 fully saturated rings. The fourth-order valence-electron chi connectivity index (χ4n) is 1.89. The molecule has 1 aromatic heterocycles. The minimum absolute atomic E-state index is 0.165. The van der Waals surface area contributed by atoms with Crippen molar-refractivity contribution in [3.8, 4) is 0 Å². The summed E-state index contributed by atoms with van der Waals surface area (Å²) in [7, 11) is 0. The number of halogens is 2. The highest BCUT2D eigenvalue weighted by Crippen LogP contribution is 2.30. The van der Waals surface area contributed by atoms with Crippen LogP contribution < -0.4 is 0 Å². The van der Waals surface area contributed by atoms with E-state index in [-0.39, 0.29) is 12.4 Å². The number of hydrogen-bond donors (Lipinski definition) is 0. The maximum Gasteiger partial charge on any atom is 0.312 e. The average molecular weight is 401 g/mol. The van der Waals surface area contributed by atoms with E-state index >= 15 is 0 Å². The Hall–Kier alpha value is -0.940. The molecule has 0 amide bonds. The normalized spacial score (nSPS) is 11.7. The van der Waals surface area contributed by atoms with E-state index in [0.29, 0.717) is 5.69 Å². The molecule has 0 saturated carbocycles. The number of aromatic nitrogens is 1. The summed E-state index contributed by atoms with van der Waals surface area (Å²) < 4.78 is 7.01. The number of carbonyl (C=O) groups is 1. The van der Waals surface area contributed by atoms with Gasteiger partial charge >= 0.3 is 5.97 Å². The number of fused-ring (bicyclic) bond motifs is 1. The van der Waals surface area contributed by atoms with Crippen molar-refractivity contribution >= 4 is 48.6 Å². The van der Waals surface area contributed by atoms with Crippen LogP contribution in [-0.4, -0.2) is 16.6 Å². The number of benzene rings is 1. The second kappa shape index (κ2) is 5.82. The summed E-state index contributed by atoms with van der Waals surface area (Å²) >= 11 is 6.96. The van der Waals surface area contributed by atoms with Crippen molar-refractivity contribution in [3.63, 3.8) is 0 Å². The van der Waals surface area contributed by atoms with Gasteiger partial charge in [-0.2, -0.15) is 0 Å². The summed E-state index contributed by atoms with van der Waals surface area (Å²) in [5.74, 6) is -0.272. The van der Waals surface area contributed by atoms with Crippen LogP contribution in [0.15, 0.2) is 33.3 Å². The van der Waals surface area contributed by atoms with E-state index in [1.54, 1.807) is 0 Å². The van der Waals surface area contributed by atoms with Crippen molar-refractivity contribution in [3.05, 3.63) is 39.0 Å². The lowest BCUT2D eigenvalue weighted by atomic mass is 10.1. The molecule has 0 bridgehead atoms. The molecule has 2 aromatic rings. The Morgan fingerprint density at radius 3 is 2.65 bits per heavy atom. The Morgan fingerprint density at radius 1 is 1.30 bits per heavy atom. The predicted molar refractivity (Wildman–Crippen MR) is 86.7 cm³/mol. The number of hydrogen-bond acceptors (Lipinski definition) is 3. The monoisotopic (exact) mass is 399 g/mol. The summed E-state index contributed by atoms with van der Waals surface area (Å²) in [6.45, 7) is 5.56. The van der Waals surface area contributed by atoms with Crippen LogP contribution in [-0.2, 0) is 16.0 Å². The lowest BCUT2D eigenvalue weighted by Gasteiger charge is -2.19. The van der Waals surface area contributed by atoms with Crippen molar-refractivity contribution < 1.29 is 9.53 Å². The van der Waals surface area contributed by atoms with E-state index < -0.39 is 5.60 Å². The van der Waals surface area contributed by atoms with E-state index in [9.17, 15) is 4.79 Å². The van der Waals surface area contributed by atoms with Crippen molar-refractivity contribution in [2.75, 3.05) is 0 Å². The Labute approximate surface area is 135 Å². The highest BCUT2D eigenvalue weighted by molar-refractivity contribution is 9.11. The van der Waals surface area contributed by atoms with Crippen molar-refractivity contribution in [2.24, 2.45) is 0 Å². The van der Waals surface area contributed by atoms with Crippen LogP contribution in [0.25, 0.3) is 10.8 Å². The molecule has 0 aliphatic rings. The predicted octanol–water partition coefficient (Wildman–Crippen LogP) is 4.64. The number of esters is 1. The zero-order chi connectivity index (χ0) is 14.9. The molecule has 0 atom stereocenters. The van der Waals surface area contributed by atoms with Gasteiger partial charge in [0.15, 0.2) is 0 Å². The minimum Gasteiger partial charge on any atom is -0.460 e. The van der Waals surface area contributed by atoms with Crippen LogP contribution in [0.5, 0.6) is 0 Å². The molecule has 1 heterocycles. The maximum atomic E-state index is 11.9. The van der Waals surface area contributed by atoms with E-state index in [4.69, 9.17) is 4.74 Å². The highest BCUT2D eigenvalue weighted by Gasteiger charge is 2.17. The molecule has 0 unspecified atom stereocenters. The van der Waals surface area contributed by atoms with Crippen molar-refractivity contribution in [1.82, 2.24) is 4.98 Å². The molecule has 0 aliphatic heterocycles. The van der Waals surface area contributed by atoms with Gasteiger partial charge in [0.25, 0.3) is 0 Å². The first-order valence-electron chi connectivity index (χ1n) is 6.22. The Balaban J connectivity index is 2.31. The number of ether oxygens (including phenoxy) is 1. The van der Waals surface area contributed by atoms with Gasteiger partial charge in [-0.15, -0.1) is 0 Å². The topological polar surface area (TPSA) is 39.2 Å². The largest absolute Gasteiger partial charge is 0.460 e. The number of carbonyl (C=O) groups excluding carboxylic acids is 1. The van der Waals surface area contributed by atoms with Crippen LogP contribution in [0.3, 0.4) is 0 Å². The molecular formula is C15H15Br2NO2. The lowest BCUT2D eigenvalue weighted by Crippen LogP contribution is -2.25. The smallest absolute Gasteiger partial charge is 0.312 e. The Bertz CT molecular complexity index is 663. The Kier molecular flexibility index (Phi) is 4.49. The van der Waals surface area contributed by atoms with E-state index in [2.05, 4.69) is 36.8 Å². The SMILES string of the molecule is CC(C)(C)OC(=O)Cc1cc2cccc(Br)c2c(Br)n1. The highest BCUT2D eigenvalue weighted by atomic mass is 79.9. The third-order valence-corrected chi connectivity index (χ3v) is 3.80. The summed E-state index contributed by atoms with van der Waals surface area (Å²) in [5, 5.41) is 2.03. The van der Waals surface area contributed by atoms with Gasteiger partial charge in [-0.25, -0.2) is 4.98 Å². The molecule has 20 heavy (non-hydrogen) atoms. The van der Waals surface area contributed by atoms with Gasteiger partial charge in [-0.1, -0.05) is 28.1 Å². The zero-order valence-corrected chi connectivity index (χ0v) is 14.7. The average Bonchev–Trinajstić information content (AvgIpc) is 2.25. The van der Waals surface area contributed by atoms with E-state index in [0.717, 1.165) is 19.8 Å². The molecule has 0 aliphatic carbocycles. The molecule has 3 nitrogen and oxygen atoms in total. The summed E-state index contributed by atoms with van der Waals surface area (Å²) in [6, 6.07) is 7.82. The standard InChI is InChI=1S/C15H15Br2NO2/c1-15(2,3)20-12(19)8-10-7-9-5-4-6-11(16)13(9)14(17)18-10/h4-7H,8H2,1-3H3. The van der Waals surface area contributed by atoms with Gasteiger partial charge < -0.3 is 4.74 Å². The first-order valence-corrected chi connectivity index (χ1v) is 7.80. The summed E-state index contributed by atoms with van der Waals surface area (Å²) in [6.07, 6.45) is 0.165. The van der Waals surface area contributed by atoms with Gasteiger partial charge in [-0.3, -0.25) is 4.79 Å². The molecule has 5 heteroatoms. The summed E-state index contributed by atoms with van der Waals surface area (Å²) in [5.41, 5.74) is 0.213. The van der Waals surface area contributed by atoms with Gasteiger partial charge in [-0.05, 0) is 54.2 Å². The number of nitrogens with zero attached hydrogens (tertiary/aromatic N) is 1. The van der Waals surface area contributed by atoms with Crippen molar-refractivity contribution in [1.29, 1.82) is 0 Å². The van der Waals surface area contributed by atoms with Gasteiger partial charge in [0.05, 0.1) is 12.1 Å². The van der Waals surface area contributed by atoms with E-state index in [1.807, 2.05) is 45.0 Å². The second-order valence-electron chi connectivity index (χ2n) is 5.51. The number of rotatable bonds is 2.